The lowest BCUT2D eigenvalue weighted by Gasteiger charge is -2.12. The van der Waals surface area contributed by atoms with E-state index in [1.54, 1.807) is 31.4 Å². The number of rotatable bonds is 9. The number of hydrogen-bond acceptors (Lipinski definition) is 4. The highest BCUT2D eigenvalue weighted by Gasteiger charge is 2.11. The molecule has 1 amide bonds. The van der Waals surface area contributed by atoms with E-state index >= 15 is 0 Å². The summed E-state index contributed by atoms with van der Waals surface area (Å²) in [5.74, 6) is 0.905. The first-order chi connectivity index (χ1) is 15.7. The molecule has 1 N–H and O–H groups in total. The minimum absolute atomic E-state index is 0.176. The lowest BCUT2D eigenvalue weighted by Crippen LogP contribution is -2.22. The van der Waals surface area contributed by atoms with Crippen molar-refractivity contribution in [2.45, 2.75) is 13.1 Å². The van der Waals surface area contributed by atoms with Crippen molar-refractivity contribution in [2.75, 3.05) is 13.7 Å². The molecular weight excluding hydrogens is 402 g/mol. The first-order valence-electron chi connectivity index (χ1n) is 10.4. The standard InChI is InChI=1S/C26H25N3O3/c1-3-13-32-24-12-11-21(15-25(24)31-2)26(30)27-16-19-7-6-8-20(14-19)17-29-18-28-22-9-4-5-10-23(22)29/h3-12,14-15,18H,1,13,16-17H2,2H3,(H,27,30). The van der Waals surface area contributed by atoms with Crippen molar-refractivity contribution in [2.24, 2.45) is 0 Å². The van der Waals surface area contributed by atoms with Crippen LogP contribution in [0.3, 0.4) is 0 Å². The number of ether oxygens (including phenoxy) is 2. The van der Waals surface area contributed by atoms with Crippen LogP contribution in [0, 0.1) is 0 Å². The molecule has 1 aromatic heterocycles. The number of imidazole rings is 1. The number of carbonyl (C=O) groups excluding carboxylic acids is 1. The largest absolute Gasteiger partial charge is 0.493 e. The molecule has 1 heterocycles. The maximum atomic E-state index is 12.7. The topological polar surface area (TPSA) is 65.4 Å². The average molecular weight is 428 g/mol. The molecular formula is C26H25N3O3. The van der Waals surface area contributed by atoms with Crippen molar-refractivity contribution in [3.05, 3.63) is 102 Å². The van der Waals surface area contributed by atoms with Gasteiger partial charge in [-0.2, -0.15) is 0 Å². The number of fused-ring (bicyclic) bond motifs is 1. The molecule has 0 bridgehead atoms. The number of nitrogens with one attached hydrogen (secondary N) is 1. The highest BCUT2D eigenvalue weighted by molar-refractivity contribution is 5.94. The Morgan fingerprint density at radius 1 is 1.06 bits per heavy atom. The van der Waals surface area contributed by atoms with E-state index in [0.717, 1.165) is 22.2 Å². The van der Waals surface area contributed by atoms with Gasteiger partial charge in [0.05, 0.1) is 24.5 Å². The predicted octanol–water partition coefficient (Wildman–Crippen LogP) is 4.59. The summed E-state index contributed by atoms with van der Waals surface area (Å²) in [5, 5.41) is 2.97. The fourth-order valence-corrected chi connectivity index (χ4v) is 3.53. The zero-order valence-electron chi connectivity index (χ0n) is 18.0. The zero-order chi connectivity index (χ0) is 22.3. The molecule has 4 aromatic rings. The zero-order valence-corrected chi connectivity index (χ0v) is 18.0. The van der Waals surface area contributed by atoms with Gasteiger partial charge >= 0.3 is 0 Å². The van der Waals surface area contributed by atoms with Gasteiger partial charge in [-0.05, 0) is 41.5 Å². The summed E-state index contributed by atoms with van der Waals surface area (Å²) >= 11 is 0. The summed E-state index contributed by atoms with van der Waals surface area (Å²) < 4.78 is 13.0. The Labute approximate surface area is 187 Å². The summed E-state index contributed by atoms with van der Waals surface area (Å²) in [6, 6.07) is 21.4. The molecule has 162 valence electrons. The Bertz CT molecular complexity index is 1250. The van der Waals surface area contributed by atoms with E-state index in [-0.39, 0.29) is 5.91 Å². The SMILES string of the molecule is C=CCOc1ccc(C(=O)NCc2cccc(Cn3cnc4ccccc43)c2)cc1OC. The average Bonchev–Trinajstić information content (AvgIpc) is 3.24. The molecule has 0 aliphatic rings. The third-order valence-corrected chi connectivity index (χ3v) is 5.11. The monoisotopic (exact) mass is 427 g/mol. The molecule has 0 spiro atoms. The molecule has 0 saturated heterocycles. The molecule has 32 heavy (non-hydrogen) atoms. The van der Waals surface area contributed by atoms with Crippen LogP contribution in [0.5, 0.6) is 11.5 Å². The maximum absolute atomic E-state index is 12.7. The van der Waals surface area contributed by atoms with Crippen LogP contribution < -0.4 is 14.8 Å². The van der Waals surface area contributed by atoms with Gasteiger partial charge in [-0.3, -0.25) is 4.79 Å². The number of amides is 1. The first-order valence-corrected chi connectivity index (χ1v) is 10.4. The number of benzene rings is 3. The van der Waals surface area contributed by atoms with Gasteiger partial charge in [-0.25, -0.2) is 4.98 Å². The predicted molar refractivity (Wildman–Crippen MR) is 125 cm³/mol. The number of para-hydroxylation sites is 2. The van der Waals surface area contributed by atoms with Crippen LogP contribution in [-0.2, 0) is 13.1 Å². The second kappa shape index (κ2) is 9.83. The second-order valence-electron chi connectivity index (χ2n) is 7.33. The number of nitrogens with zero attached hydrogens (tertiary/aromatic N) is 2. The van der Waals surface area contributed by atoms with Crippen LogP contribution in [0.2, 0.25) is 0 Å². The van der Waals surface area contributed by atoms with E-state index in [4.69, 9.17) is 9.47 Å². The molecule has 6 nitrogen and oxygen atoms in total. The summed E-state index contributed by atoms with van der Waals surface area (Å²) in [4.78, 5) is 17.1. The van der Waals surface area contributed by atoms with Gasteiger partial charge in [0.2, 0.25) is 0 Å². The van der Waals surface area contributed by atoms with Crippen LogP contribution in [-0.4, -0.2) is 29.2 Å². The Morgan fingerprint density at radius 3 is 2.75 bits per heavy atom. The van der Waals surface area contributed by atoms with Gasteiger partial charge in [0.1, 0.15) is 6.61 Å². The summed E-state index contributed by atoms with van der Waals surface area (Å²) in [6.45, 7) is 5.14. The van der Waals surface area contributed by atoms with Crippen LogP contribution in [0.1, 0.15) is 21.5 Å². The molecule has 0 saturated carbocycles. The van der Waals surface area contributed by atoms with Crippen molar-refractivity contribution in [3.63, 3.8) is 0 Å². The molecule has 0 radical (unpaired) electrons. The Kier molecular flexibility index (Phi) is 6.51. The van der Waals surface area contributed by atoms with Crippen LogP contribution in [0.4, 0.5) is 0 Å². The van der Waals surface area contributed by atoms with E-state index in [9.17, 15) is 4.79 Å². The molecule has 3 aromatic carbocycles. The number of aromatic nitrogens is 2. The highest BCUT2D eigenvalue weighted by Crippen LogP contribution is 2.28. The minimum Gasteiger partial charge on any atom is -0.493 e. The second-order valence-corrected chi connectivity index (χ2v) is 7.33. The summed E-state index contributed by atoms with van der Waals surface area (Å²) in [7, 11) is 1.55. The van der Waals surface area contributed by atoms with Crippen LogP contribution in [0.15, 0.2) is 85.7 Å². The van der Waals surface area contributed by atoms with Crippen molar-refractivity contribution in [3.8, 4) is 11.5 Å². The maximum Gasteiger partial charge on any atom is 0.251 e. The summed E-state index contributed by atoms with van der Waals surface area (Å²) in [6.07, 6.45) is 3.51. The van der Waals surface area contributed by atoms with Gasteiger partial charge in [-0.1, -0.05) is 49.1 Å². The van der Waals surface area contributed by atoms with Crippen molar-refractivity contribution in [1.29, 1.82) is 0 Å². The third kappa shape index (κ3) is 4.81. The van der Waals surface area contributed by atoms with Crippen LogP contribution >= 0.6 is 0 Å². The molecule has 0 fully saturated rings. The summed E-state index contributed by atoms with van der Waals surface area (Å²) in [5.41, 5.74) is 4.75. The number of hydrogen-bond donors (Lipinski definition) is 1. The van der Waals surface area contributed by atoms with Crippen molar-refractivity contribution in [1.82, 2.24) is 14.9 Å². The minimum atomic E-state index is -0.176. The lowest BCUT2D eigenvalue weighted by molar-refractivity contribution is 0.0950. The van der Waals surface area contributed by atoms with Gasteiger partial charge in [0, 0.05) is 18.7 Å². The Hall–Kier alpha value is -4.06. The van der Waals surface area contributed by atoms with Gasteiger partial charge in [0.15, 0.2) is 11.5 Å². The number of methoxy groups -OCH3 is 1. The normalized spacial score (nSPS) is 10.7. The van der Waals surface area contributed by atoms with Crippen molar-refractivity contribution >= 4 is 16.9 Å². The fourth-order valence-electron chi connectivity index (χ4n) is 3.53. The van der Waals surface area contributed by atoms with Gasteiger partial charge in [-0.15, -0.1) is 0 Å². The molecule has 0 atom stereocenters. The van der Waals surface area contributed by atoms with E-state index in [0.29, 0.717) is 36.8 Å². The molecule has 0 aliphatic carbocycles. The number of carbonyl (C=O) groups is 1. The Balaban J connectivity index is 1.42. The Morgan fingerprint density at radius 2 is 1.91 bits per heavy atom. The fraction of sp³-hybridized carbons (Fsp3) is 0.154. The van der Waals surface area contributed by atoms with Gasteiger partial charge in [0.25, 0.3) is 5.91 Å². The first kappa shape index (κ1) is 21.2. The molecule has 0 unspecified atom stereocenters. The third-order valence-electron chi connectivity index (χ3n) is 5.11. The van der Waals surface area contributed by atoms with E-state index in [1.165, 1.54) is 0 Å². The lowest BCUT2D eigenvalue weighted by atomic mass is 10.1. The van der Waals surface area contributed by atoms with E-state index in [2.05, 4.69) is 39.6 Å². The molecule has 0 aliphatic heterocycles. The smallest absolute Gasteiger partial charge is 0.251 e. The quantitative estimate of drug-likeness (QED) is 0.397. The van der Waals surface area contributed by atoms with E-state index < -0.39 is 0 Å². The highest BCUT2D eigenvalue weighted by atomic mass is 16.5. The van der Waals surface area contributed by atoms with Gasteiger partial charge < -0.3 is 19.4 Å². The van der Waals surface area contributed by atoms with E-state index in [1.807, 2.05) is 36.7 Å². The molecule has 6 heteroatoms. The van der Waals surface area contributed by atoms with Crippen LogP contribution in [0.25, 0.3) is 11.0 Å². The molecule has 4 rings (SSSR count). The van der Waals surface area contributed by atoms with Crippen molar-refractivity contribution < 1.29 is 14.3 Å².